The quantitative estimate of drug-likeness (QED) is 0.691. The standard InChI is InChI=1S/C22H24N2O5/c1-16(22(27)23-13-11-17-7-3-2-4-8-17)29-21(26)12-14-24-18-9-5-6-10-19(18)28-15-20(24)25/h2-10,16H,11-15H2,1H3,(H,23,27)/t16-/m1/s1. The molecular weight excluding hydrogens is 372 g/mol. The van der Waals surface area contributed by atoms with Crippen LogP contribution in [0.15, 0.2) is 54.6 Å². The number of nitrogens with one attached hydrogen (secondary N) is 1. The number of hydrogen-bond donors (Lipinski definition) is 1. The first kappa shape index (κ1) is 20.4. The van der Waals surface area contributed by atoms with Crippen molar-refractivity contribution in [1.29, 1.82) is 0 Å². The Hall–Kier alpha value is -3.35. The van der Waals surface area contributed by atoms with Gasteiger partial charge in [0.25, 0.3) is 11.8 Å². The lowest BCUT2D eigenvalue weighted by Crippen LogP contribution is -2.41. The fraction of sp³-hybridized carbons (Fsp3) is 0.318. The smallest absolute Gasteiger partial charge is 0.308 e. The molecule has 7 nitrogen and oxygen atoms in total. The summed E-state index contributed by atoms with van der Waals surface area (Å²) in [6.45, 7) is 2.10. The molecule has 29 heavy (non-hydrogen) atoms. The molecule has 2 amide bonds. The molecule has 0 saturated carbocycles. The van der Waals surface area contributed by atoms with Gasteiger partial charge in [-0.15, -0.1) is 0 Å². The molecule has 2 aromatic carbocycles. The molecule has 0 fully saturated rings. The number of nitrogens with zero attached hydrogens (tertiary/aromatic N) is 1. The second-order valence-electron chi connectivity index (χ2n) is 6.71. The maximum absolute atomic E-state index is 12.1. The summed E-state index contributed by atoms with van der Waals surface area (Å²) >= 11 is 0. The van der Waals surface area contributed by atoms with E-state index in [1.54, 1.807) is 18.2 Å². The summed E-state index contributed by atoms with van der Waals surface area (Å²) in [5.74, 6) is -0.496. The molecule has 0 aliphatic carbocycles. The lowest BCUT2D eigenvalue weighted by atomic mass is 10.1. The molecule has 1 aliphatic rings. The van der Waals surface area contributed by atoms with E-state index in [-0.39, 0.29) is 31.4 Å². The second kappa shape index (κ2) is 9.73. The van der Waals surface area contributed by atoms with E-state index in [1.807, 2.05) is 36.4 Å². The summed E-state index contributed by atoms with van der Waals surface area (Å²) in [6, 6.07) is 17.0. The average molecular weight is 396 g/mol. The van der Waals surface area contributed by atoms with Crippen molar-refractivity contribution in [2.24, 2.45) is 0 Å². The first-order valence-corrected chi connectivity index (χ1v) is 9.58. The van der Waals surface area contributed by atoms with E-state index in [1.165, 1.54) is 11.8 Å². The number of fused-ring (bicyclic) bond motifs is 1. The van der Waals surface area contributed by atoms with Crippen molar-refractivity contribution >= 4 is 23.5 Å². The predicted octanol–water partition coefficient (Wildman–Crippen LogP) is 2.09. The highest BCUT2D eigenvalue weighted by Crippen LogP contribution is 2.31. The van der Waals surface area contributed by atoms with Crippen LogP contribution in [0.3, 0.4) is 0 Å². The molecule has 3 rings (SSSR count). The molecule has 1 aliphatic heterocycles. The van der Waals surface area contributed by atoms with E-state index in [2.05, 4.69) is 5.32 Å². The number of benzene rings is 2. The van der Waals surface area contributed by atoms with Crippen molar-refractivity contribution in [3.05, 3.63) is 60.2 Å². The lowest BCUT2D eigenvalue weighted by molar-refractivity contribution is -0.154. The van der Waals surface area contributed by atoms with Crippen molar-refractivity contribution in [3.8, 4) is 5.75 Å². The van der Waals surface area contributed by atoms with Gasteiger partial charge in [-0.2, -0.15) is 0 Å². The highest BCUT2D eigenvalue weighted by molar-refractivity contribution is 5.98. The molecule has 152 valence electrons. The highest BCUT2D eigenvalue weighted by Gasteiger charge is 2.26. The van der Waals surface area contributed by atoms with Gasteiger partial charge in [0.15, 0.2) is 12.7 Å². The zero-order valence-electron chi connectivity index (χ0n) is 16.3. The topological polar surface area (TPSA) is 84.9 Å². The van der Waals surface area contributed by atoms with Crippen molar-refractivity contribution in [2.75, 3.05) is 24.6 Å². The minimum atomic E-state index is -0.897. The van der Waals surface area contributed by atoms with E-state index < -0.39 is 12.1 Å². The van der Waals surface area contributed by atoms with Crippen molar-refractivity contribution < 1.29 is 23.9 Å². The maximum Gasteiger partial charge on any atom is 0.308 e. The van der Waals surface area contributed by atoms with Crippen molar-refractivity contribution in [2.45, 2.75) is 25.9 Å². The Kier molecular flexibility index (Phi) is 6.84. The molecule has 7 heteroatoms. The minimum absolute atomic E-state index is 0.0122. The summed E-state index contributed by atoms with van der Waals surface area (Å²) in [5, 5.41) is 2.76. The van der Waals surface area contributed by atoms with Gasteiger partial charge in [0, 0.05) is 13.1 Å². The zero-order chi connectivity index (χ0) is 20.6. The van der Waals surface area contributed by atoms with Crippen LogP contribution in [-0.2, 0) is 25.5 Å². The summed E-state index contributed by atoms with van der Waals surface area (Å²) < 4.78 is 10.6. The number of esters is 1. The maximum atomic E-state index is 12.1. The fourth-order valence-corrected chi connectivity index (χ4v) is 3.03. The molecule has 1 N–H and O–H groups in total. The molecule has 0 spiro atoms. The third kappa shape index (κ3) is 5.57. The summed E-state index contributed by atoms with van der Waals surface area (Å²) in [4.78, 5) is 37.9. The monoisotopic (exact) mass is 396 g/mol. The number of rotatable bonds is 8. The Balaban J connectivity index is 1.43. The van der Waals surface area contributed by atoms with Gasteiger partial charge in [-0.1, -0.05) is 42.5 Å². The molecule has 0 radical (unpaired) electrons. The SMILES string of the molecule is C[C@@H](OC(=O)CCN1C(=O)COc2ccccc21)C(=O)NCCc1ccccc1. The van der Waals surface area contributed by atoms with E-state index in [9.17, 15) is 14.4 Å². The highest BCUT2D eigenvalue weighted by atomic mass is 16.5. The fourth-order valence-electron chi connectivity index (χ4n) is 3.03. The molecule has 1 atom stereocenters. The van der Waals surface area contributed by atoms with Crippen LogP contribution in [0, 0.1) is 0 Å². The van der Waals surface area contributed by atoms with Crippen molar-refractivity contribution in [1.82, 2.24) is 5.32 Å². The van der Waals surface area contributed by atoms with Gasteiger partial charge < -0.3 is 19.7 Å². The molecule has 1 heterocycles. The second-order valence-corrected chi connectivity index (χ2v) is 6.71. The van der Waals surface area contributed by atoms with Crippen LogP contribution < -0.4 is 15.0 Å². The number of para-hydroxylation sites is 2. The van der Waals surface area contributed by atoms with Crippen molar-refractivity contribution in [3.63, 3.8) is 0 Å². The number of carbonyl (C=O) groups is 3. The van der Waals surface area contributed by atoms with Crippen LogP contribution in [0.25, 0.3) is 0 Å². The third-order valence-corrected chi connectivity index (χ3v) is 4.58. The summed E-state index contributed by atoms with van der Waals surface area (Å²) in [7, 11) is 0. The molecule has 0 bridgehead atoms. The summed E-state index contributed by atoms with van der Waals surface area (Å²) in [5.41, 5.74) is 1.75. The zero-order valence-corrected chi connectivity index (χ0v) is 16.3. The molecule has 0 aromatic heterocycles. The number of anilines is 1. The molecule has 2 aromatic rings. The van der Waals surface area contributed by atoms with Gasteiger partial charge in [-0.25, -0.2) is 0 Å². The first-order valence-electron chi connectivity index (χ1n) is 9.58. The number of ether oxygens (including phenoxy) is 2. The first-order chi connectivity index (χ1) is 14.0. The summed E-state index contributed by atoms with van der Waals surface area (Å²) in [6.07, 6.45) is -0.209. The molecular formula is C22H24N2O5. The van der Waals surface area contributed by atoms with Crippen LogP contribution in [0.5, 0.6) is 5.75 Å². The Labute approximate surface area is 169 Å². The van der Waals surface area contributed by atoms with E-state index in [4.69, 9.17) is 9.47 Å². The van der Waals surface area contributed by atoms with E-state index in [0.717, 1.165) is 5.56 Å². The van der Waals surface area contributed by atoms with E-state index in [0.29, 0.717) is 24.4 Å². The van der Waals surface area contributed by atoms with E-state index >= 15 is 0 Å². The number of carbonyl (C=O) groups excluding carboxylic acids is 3. The van der Waals surface area contributed by atoms with Gasteiger partial charge in [0.1, 0.15) is 5.75 Å². The predicted molar refractivity (Wildman–Crippen MR) is 108 cm³/mol. The van der Waals surface area contributed by atoms with Gasteiger partial charge in [0.2, 0.25) is 0 Å². The molecule has 0 unspecified atom stereocenters. The Morgan fingerprint density at radius 2 is 1.86 bits per heavy atom. The van der Waals surface area contributed by atoms with Gasteiger partial charge in [-0.05, 0) is 31.0 Å². The minimum Gasteiger partial charge on any atom is -0.482 e. The lowest BCUT2D eigenvalue weighted by Gasteiger charge is -2.29. The Bertz CT molecular complexity index is 869. The molecule has 0 saturated heterocycles. The van der Waals surface area contributed by atoms with Gasteiger partial charge in [0.05, 0.1) is 12.1 Å². The third-order valence-electron chi connectivity index (χ3n) is 4.58. The Morgan fingerprint density at radius 3 is 2.66 bits per heavy atom. The number of hydrogen-bond acceptors (Lipinski definition) is 5. The van der Waals surface area contributed by atoms with Crippen LogP contribution >= 0.6 is 0 Å². The van der Waals surface area contributed by atoms with Crippen LogP contribution in [0.4, 0.5) is 5.69 Å². The van der Waals surface area contributed by atoms with Crippen LogP contribution in [-0.4, -0.2) is 43.6 Å². The number of amides is 2. The average Bonchev–Trinajstić information content (AvgIpc) is 2.73. The Morgan fingerprint density at radius 1 is 1.14 bits per heavy atom. The van der Waals surface area contributed by atoms with Gasteiger partial charge >= 0.3 is 5.97 Å². The largest absolute Gasteiger partial charge is 0.482 e. The van der Waals surface area contributed by atoms with Gasteiger partial charge in [-0.3, -0.25) is 14.4 Å². The van der Waals surface area contributed by atoms with Crippen LogP contribution in [0.1, 0.15) is 18.9 Å². The van der Waals surface area contributed by atoms with Crippen LogP contribution in [0.2, 0.25) is 0 Å². The normalized spacial score (nSPS) is 13.8.